The van der Waals surface area contributed by atoms with Gasteiger partial charge in [-0.2, -0.15) is 0 Å². The van der Waals surface area contributed by atoms with E-state index in [1.54, 1.807) is 42.5 Å². The Morgan fingerprint density at radius 3 is 1.50 bits per heavy atom. The van der Waals surface area contributed by atoms with Crippen LogP contribution in [0.4, 0.5) is 0 Å². The van der Waals surface area contributed by atoms with E-state index in [0.29, 0.717) is 50.1 Å². The van der Waals surface area contributed by atoms with Crippen LogP contribution in [0.15, 0.2) is 145 Å². The van der Waals surface area contributed by atoms with Gasteiger partial charge in [0.15, 0.2) is 17.3 Å². The molecule has 12 nitrogen and oxygen atoms in total. The van der Waals surface area contributed by atoms with Crippen molar-refractivity contribution in [3.05, 3.63) is 184 Å². The Morgan fingerprint density at radius 2 is 0.941 bits per heavy atom. The molecule has 12 atom stereocenters. The van der Waals surface area contributed by atoms with Crippen LogP contribution in [0.3, 0.4) is 0 Å². The molecule has 6 aromatic carbocycles. The standard InChI is InChI=1S/C56H44O12/c57-29-7-1-24(2-8-29)41-45-38(21-37(65)23-40(45)66)46-42(25-3-9-30(58)10-4-25)50-49(48(41)46)51-53-44(28-17-35(63)20-36(64)18-28)43(27-15-33(61)19-34(62)16-27)52(26-5-11-31(59)12-6-26)56(53)14-13-32(60)22-39(56)47(54(50)67)55(51)68/h1-21,23,39,41-44,46-48,51-53,57-59,61-66H,22H2/t39?,41-,42+,43-,44-,46+,47?,48+,51?,52+,53-,56-/m1/s1. The fourth-order valence-corrected chi connectivity index (χ4v) is 14.6. The molecule has 340 valence electrons. The first-order valence-electron chi connectivity index (χ1n) is 22.7. The number of ketones is 3. The summed E-state index contributed by atoms with van der Waals surface area (Å²) in [6.45, 7) is 0. The first-order valence-corrected chi connectivity index (χ1v) is 22.7. The molecule has 0 saturated heterocycles. The minimum Gasteiger partial charge on any atom is -0.508 e. The predicted octanol–water partition coefficient (Wildman–Crippen LogP) is 8.49. The highest BCUT2D eigenvalue weighted by Crippen LogP contribution is 2.79. The molecular formula is C56H44O12. The molecular weight excluding hydrogens is 865 g/mol. The smallest absolute Gasteiger partial charge is 0.170 e. The van der Waals surface area contributed by atoms with Crippen molar-refractivity contribution >= 4 is 17.3 Å². The van der Waals surface area contributed by atoms with Crippen molar-refractivity contribution in [1.29, 1.82) is 0 Å². The van der Waals surface area contributed by atoms with Gasteiger partial charge in [0, 0.05) is 76.7 Å². The number of carbonyl (C=O) groups excluding carboxylic acids is 3. The van der Waals surface area contributed by atoms with Crippen LogP contribution in [-0.2, 0) is 14.4 Å². The molecule has 68 heavy (non-hydrogen) atoms. The van der Waals surface area contributed by atoms with Crippen molar-refractivity contribution in [3.63, 3.8) is 0 Å². The van der Waals surface area contributed by atoms with Crippen LogP contribution in [0.5, 0.6) is 51.7 Å². The summed E-state index contributed by atoms with van der Waals surface area (Å²) in [5.74, 6) is -12.4. The zero-order valence-electron chi connectivity index (χ0n) is 36.0. The van der Waals surface area contributed by atoms with E-state index in [4.69, 9.17) is 0 Å². The van der Waals surface area contributed by atoms with Gasteiger partial charge in [0.2, 0.25) is 0 Å². The number of allylic oxidation sites excluding steroid dienone is 4. The van der Waals surface area contributed by atoms with Gasteiger partial charge in [0.1, 0.15) is 51.7 Å². The van der Waals surface area contributed by atoms with Gasteiger partial charge < -0.3 is 46.0 Å². The van der Waals surface area contributed by atoms with Crippen molar-refractivity contribution in [1.82, 2.24) is 0 Å². The summed E-state index contributed by atoms with van der Waals surface area (Å²) < 4.78 is 0. The molecule has 0 radical (unpaired) electrons. The molecule has 0 aliphatic heterocycles. The fourth-order valence-electron chi connectivity index (χ4n) is 14.6. The van der Waals surface area contributed by atoms with Crippen LogP contribution >= 0.6 is 0 Å². The Hall–Kier alpha value is -7.99. The van der Waals surface area contributed by atoms with Crippen molar-refractivity contribution in [2.75, 3.05) is 0 Å². The molecule has 0 heterocycles. The molecule has 2 saturated carbocycles. The van der Waals surface area contributed by atoms with E-state index in [9.17, 15) is 50.8 Å². The molecule has 9 N–H and O–H groups in total. The summed E-state index contributed by atoms with van der Waals surface area (Å²) >= 11 is 0. The number of rotatable bonds is 5. The van der Waals surface area contributed by atoms with Gasteiger partial charge in [-0.05, 0) is 135 Å². The summed E-state index contributed by atoms with van der Waals surface area (Å²) in [6.07, 6.45) is 3.15. The van der Waals surface area contributed by atoms with Crippen molar-refractivity contribution in [2.24, 2.45) is 35.0 Å². The number of phenols is 9. The molecule has 2 fully saturated rings. The third kappa shape index (κ3) is 5.69. The van der Waals surface area contributed by atoms with E-state index in [0.717, 1.165) is 0 Å². The Labute approximate surface area is 388 Å². The van der Waals surface area contributed by atoms with Gasteiger partial charge in [-0.3, -0.25) is 14.4 Å². The largest absolute Gasteiger partial charge is 0.508 e. The maximum Gasteiger partial charge on any atom is 0.170 e. The Kier molecular flexibility index (Phi) is 8.84. The van der Waals surface area contributed by atoms with Crippen molar-refractivity contribution < 1.29 is 60.3 Å². The maximum absolute atomic E-state index is 16.2. The monoisotopic (exact) mass is 908 g/mol. The number of hydrogen-bond acceptors (Lipinski definition) is 12. The lowest BCUT2D eigenvalue weighted by molar-refractivity contribution is -0.150. The average molecular weight is 909 g/mol. The van der Waals surface area contributed by atoms with Crippen LogP contribution in [0, 0.1) is 35.0 Å². The predicted molar refractivity (Wildman–Crippen MR) is 245 cm³/mol. The number of aromatic hydroxyl groups is 9. The number of Topliss-reactive ketones (excluding diaryl/α,β-unsaturated/α-hetero) is 2. The summed E-state index contributed by atoms with van der Waals surface area (Å²) in [4.78, 5) is 46.4. The second kappa shape index (κ2) is 14.5. The third-order valence-corrected chi connectivity index (χ3v) is 16.4. The second-order valence-electron chi connectivity index (χ2n) is 19.6. The first kappa shape index (κ1) is 41.4. The highest BCUT2D eigenvalue weighted by atomic mass is 16.3. The number of phenolic OH excluding ortho intramolecular Hbond substituents is 9. The number of hydrogen-bond donors (Lipinski definition) is 9. The lowest BCUT2D eigenvalue weighted by atomic mass is 9.43. The summed E-state index contributed by atoms with van der Waals surface area (Å²) in [7, 11) is 0. The van der Waals surface area contributed by atoms with Crippen LogP contribution in [0.2, 0.25) is 0 Å². The molecule has 2 bridgehead atoms. The van der Waals surface area contributed by atoms with Crippen LogP contribution < -0.4 is 0 Å². The Morgan fingerprint density at radius 1 is 0.441 bits per heavy atom. The van der Waals surface area contributed by atoms with Crippen LogP contribution in [0.1, 0.15) is 80.9 Å². The maximum atomic E-state index is 16.2. The van der Waals surface area contributed by atoms with Crippen LogP contribution in [0.25, 0.3) is 0 Å². The molecule has 1 spiro atoms. The minimum atomic E-state index is -1.35. The minimum absolute atomic E-state index is 0.0102. The second-order valence-corrected chi connectivity index (χ2v) is 19.6. The van der Waals surface area contributed by atoms with Gasteiger partial charge in [0.25, 0.3) is 0 Å². The fraction of sp³-hybridized carbons (Fsp3) is 0.232. The lowest BCUT2D eigenvalue weighted by Gasteiger charge is -2.57. The number of carbonyl (C=O) groups is 3. The van der Waals surface area contributed by atoms with Gasteiger partial charge >= 0.3 is 0 Å². The number of benzene rings is 6. The van der Waals surface area contributed by atoms with Gasteiger partial charge in [0.05, 0.1) is 5.92 Å². The van der Waals surface area contributed by atoms with E-state index in [1.807, 2.05) is 6.08 Å². The molecule has 12 heteroatoms. The van der Waals surface area contributed by atoms with E-state index in [-0.39, 0.29) is 63.9 Å². The average Bonchev–Trinajstić information content (AvgIpc) is 3.90. The lowest BCUT2D eigenvalue weighted by Crippen LogP contribution is -2.60. The van der Waals surface area contributed by atoms with E-state index < -0.39 is 82.1 Å². The summed E-state index contributed by atoms with van der Waals surface area (Å²) in [5.41, 5.74) is 3.43. The molecule has 3 unspecified atom stereocenters. The first-order chi connectivity index (χ1) is 32.6. The van der Waals surface area contributed by atoms with Crippen molar-refractivity contribution in [2.45, 2.75) is 41.9 Å². The zero-order valence-corrected chi connectivity index (χ0v) is 36.0. The van der Waals surface area contributed by atoms with Gasteiger partial charge in [-0.15, -0.1) is 0 Å². The SMILES string of the molecule is O=C1C=C[C@]23C(C1)C1C(=O)C4=C(C(C1=O)[C@H]2[C@H](c1cc(O)cc(O)c1)[C@@H](c1cc(O)cc(O)c1)[C@@H]3c1ccc(O)cc1)[C@H]1[C@H](c2ccc(O)cc2)c2c(O)cc(O)cc2[C@H]1[C@@H]4c1ccc(O)cc1. The molecule has 6 aliphatic rings. The van der Waals surface area contributed by atoms with E-state index >= 15 is 9.59 Å². The normalized spacial score (nSPS) is 30.7. The molecule has 6 aromatic rings. The Bertz CT molecular complexity index is 3190. The zero-order chi connectivity index (χ0) is 47.2. The third-order valence-electron chi connectivity index (χ3n) is 16.4. The molecule has 0 amide bonds. The number of fused-ring (bicyclic) bond motifs is 9. The van der Waals surface area contributed by atoms with Gasteiger partial charge in [-0.1, -0.05) is 42.5 Å². The highest BCUT2D eigenvalue weighted by Gasteiger charge is 2.75. The topological polar surface area (TPSA) is 233 Å². The Balaban J connectivity index is 1.22. The van der Waals surface area contributed by atoms with E-state index in [2.05, 4.69) is 0 Å². The summed E-state index contributed by atoms with van der Waals surface area (Å²) in [5, 5.41) is 99.9. The highest BCUT2D eigenvalue weighted by molar-refractivity contribution is 6.18. The molecule has 12 rings (SSSR count). The van der Waals surface area contributed by atoms with E-state index in [1.165, 1.54) is 84.9 Å². The molecule has 0 aromatic heterocycles. The molecule has 6 aliphatic carbocycles. The van der Waals surface area contributed by atoms with Gasteiger partial charge in [-0.25, -0.2) is 0 Å². The van der Waals surface area contributed by atoms with Crippen LogP contribution in [-0.4, -0.2) is 63.3 Å². The summed E-state index contributed by atoms with van der Waals surface area (Å²) in [6, 6.07) is 30.8. The quantitative estimate of drug-likeness (QED) is 0.0742. The van der Waals surface area contributed by atoms with Crippen molar-refractivity contribution in [3.8, 4) is 51.7 Å².